The highest BCUT2D eigenvalue weighted by molar-refractivity contribution is 6.27. The second kappa shape index (κ2) is 11.1. The van der Waals surface area contributed by atoms with Gasteiger partial charge in [-0.3, -0.25) is 0 Å². The van der Waals surface area contributed by atoms with Crippen LogP contribution in [0.15, 0.2) is 18.5 Å². The molecule has 0 aromatic carbocycles. The summed E-state index contributed by atoms with van der Waals surface area (Å²) in [6.45, 7) is 4.94. The molecule has 2 heterocycles. The number of likely N-dealkylation sites (N-methyl/N-ethyl adjacent to an activating group) is 1. The highest BCUT2D eigenvalue weighted by atomic mass is 16.5. The predicted molar refractivity (Wildman–Crippen MR) is 92.4 cm³/mol. The minimum Gasteiger partial charge on any atom is -0.476 e. The Morgan fingerprint density at radius 3 is 2.48 bits per heavy atom. The number of carboxylic acids is 2. The highest BCUT2D eigenvalue weighted by Crippen LogP contribution is 2.24. The molecular formula is C17H25N3O5. The van der Waals surface area contributed by atoms with Gasteiger partial charge in [-0.2, -0.15) is 0 Å². The number of rotatable bonds is 6. The topological polar surface area (TPSA) is 113 Å². The lowest BCUT2D eigenvalue weighted by molar-refractivity contribution is -0.159. The zero-order valence-electron chi connectivity index (χ0n) is 14.6. The maximum absolute atomic E-state index is 9.10. The van der Waals surface area contributed by atoms with Crippen LogP contribution < -0.4 is 4.74 Å². The summed E-state index contributed by atoms with van der Waals surface area (Å²) < 4.78 is 5.79. The van der Waals surface area contributed by atoms with Crippen molar-refractivity contribution in [3.05, 3.63) is 24.2 Å². The second-order valence-corrected chi connectivity index (χ2v) is 5.63. The van der Waals surface area contributed by atoms with E-state index < -0.39 is 11.9 Å². The summed E-state index contributed by atoms with van der Waals surface area (Å²) in [5.41, 5.74) is 2.14. The van der Waals surface area contributed by atoms with Crippen molar-refractivity contribution < 1.29 is 24.5 Å². The largest absolute Gasteiger partial charge is 0.476 e. The van der Waals surface area contributed by atoms with Crippen molar-refractivity contribution in [2.45, 2.75) is 32.6 Å². The van der Waals surface area contributed by atoms with Crippen molar-refractivity contribution in [2.24, 2.45) is 0 Å². The zero-order valence-corrected chi connectivity index (χ0v) is 14.6. The maximum Gasteiger partial charge on any atom is 0.414 e. The van der Waals surface area contributed by atoms with Crippen LogP contribution in [-0.2, 0) is 9.59 Å². The molecular weight excluding hydrogens is 326 g/mol. The van der Waals surface area contributed by atoms with Gasteiger partial charge in [0.15, 0.2) is 0 Å². The Kier molecular flexibility index (Phi) is 9.16. The number of aromatic nitrogens is 2. The van der Waals surface area contributed by atoms with Gasteiger partial charge < -0.3 is 19.8 Å². The average Bonchev–Trinajstić information content (AvgIpc) is 2.59. The first-order chi connectivity index (χ1) is 12.0. The number of carboxylic acid groups (broad SMARTS) is 2. The van der Waals surface area contributed by atoms with Gasteiger partial charge in [-0.1, -0.05) is 25.8 Å². The Morgan fingerprint density at radius 1 is 1.20 bits per heavy atom. The number of nitrogens with zero attached hydrogens (tertiary/aromatic N) is 3. The van der Waals surface area contributed by atoms with Gasteiger partial charge in [0.2, 0.25) is 5.88 Å². The van der Waals surface area contributed by atoms with Gasteiger partial charge in [0.25, 0.3) is 0 Å². The molecule has 8 nitrogen and oxygen atoms in total. The quantitative estimate of drug-likeness (QED) is 0.590. The van der Waals surface area contributed by atoms with Gasteiger partial charge in [-0.25, -0.2) is 19.6 Å². The number of hydrogen-bond donors (Lipinski definition) is 2. The van der Waals surface area contributed by atoms with Gasteiger partial charge in [0.05, 0.1) is 6.61 Å². The van der Waals surface area contributed by atoms with E-state index in [0.29, 0.717) is 5.88 Å². The third-order valence-corrected chi connectivity index (χ3v) is 3.48. The third-order valence-electron chi connectivity index (χ3n) is 3.48. The van der Waals surface area contributed by atoms with Crippen LogP contribution in [0, 0.1) is 0 Å². The van der Waals surface area contributed by atoms with Gasteiger partial charge in [0, 0.05) is 25.5 Å². The van der Waals surface area contributed by atoms with E-state index in [1.165, 1.54) is 18.4 Å². The highest BCUT2D eigenvalue weighted by Gasteiger charge is 2.16. The molecule has 0 amide bonds. The Hall–Kier alpha value is -2.48. The molecule has 1 aromatic rings. The Labute approximate surface area is 147 Å². The monoisotopic (exact) mass is 351 g/mol. The Balaban J connectivity index is 0.000000450. The van der Waals surface area contributed by atoms with Crippen molar-refractivity contribution in [3.63, 3.8) is 0 Å². The first-order valence-corrected chi connectivity index (χ1v) is 8.23. The SMILES string of the molecule is CCCCCOc1nccnc1C1=CCCN(C)C1.O=C(O)C(=O)O. The van der Waals surface area contributed by atoms with E-state index in [9.17, 15) is 0 Å². The molecule has 8 heteroatoms. The second-order valence-electron chi connectivity index (χ2n) is 5.63. The summed E-state index contributed by atoms with van der Waals surface area (Å²) in [4.78, 5) is 29.3. The lowest BCUT2D eigenvalue weighted by atomic mass is 10.1. The van der Waals surface area contributed by atoms with Crippen LogP contribution in [0.2, 0.25) is 0 Å². The minimum atomic E-state index is -1.82. The smallest absolute Gasteiger partial charge is 0.414 e. The van der Waals surface area contributed by atoms with E-state index in [1.807, 2.05) is 0 Å². The normalized spacial score (nSPS) is 14.1. The van der Waals surface area contributed by atoms with Crippen LogP contribution in [-0.4, -0.2) is 63.8 Å². The van der Waals surface area contributed by atoms with E-state index in [-0.39, 0.29) is 0 Å². The lowest BCUT2D eigenvalue weighted by Crippen LogP contribution is -2.25. The summed E-state index contributed by atoms with van der Waals surface area (Å²) in [6.07, 6.45) is 10.2. The van der Waals surface area contributed by atoms with Crippen molar-refractivity contribution in [3.8, 4) is 5.88 Å². The molecule has 0 fully saturated rings. The summed E-state index contributed by atoms with van der Waals surface area (Å²) in [6, 6.07) is 0. The molecule has 0 aliphatic carbocycles. The van der Waals surface area contributed by atoms with Crippen LogP contribution in [0.3, 0.4) is 0 Å². The molecule has 0 bridgehead atoms. The molecule has 0 unspecified atom stereocenters. The van der Waals surface area contributed by atoms with Gasteiger partial charge >= 0.3 is 11.9 Å². The van der Waals surface area contributed by atoms with E-state index in [4.69, 9.17) is 24.5 Å². The molecule has 0 radical (unpaired) electrons. The fourth-order valence-electron chi connectivity index (χ4n) is 2.24. The van der Waals surface area contributed by atoms with E-state index >= 15 is 0 Å². The fraction of sp³-hybridized carbons (Fsp3) is 0.529. The predicted octanol–water partition coefficient (Wildman–Crippen LogP) is 1.92. The fourth-order valence-corrected chi connectivity index (χ4v) is 2.24. The number of ether oxygens (including phenoxy) is 1. The molecule has 0 saturated carbocycles. The first kappa shape index (κ1) is 20.6. The lowest BCUT2D eigenvalue weighted by Gasteiger charge is -2.23. The van der Waals surface area contributed by atoms with Crippen molar-refractivity contribution in [1.29, 1.82) is 0 Å². The van der Waals surface area contributed by atoms with Crippen LogP contribution in [0.25, 0.3) is 5.57 Å². The van der Waals surface area contributed by atoms with Crippen LogP contribution in [0.1, 0.15) is 38.3 Å². The van der Waals surface area contributed by atoms with Gasteiger partial charge in [-0.05, 0) is 25.5 Å². The zero-order chi connectivity index (χ0) is 18.7. The van der Waals surface area contributed by atoms with Crippen LogP contribution in [0.5, 0.6) is 5.88 Å². The first-order valence-electron chi connectivity index (χ1n) is 8.23. The third kappa shape index (κ3) is 7.75. The number of carbonyl (C=O) groups is 2. The number of aliphatic carboxylic acids is 2. The van der Waals surface area contributed by atoms with E-state index in [0.717, 1.165) is 38.2 Å². The molecule has 138 valence electrons. The van der Waals surface area contributed by atoms with E-state index in [1.54, 1.807) is 12.4 Å². The van der Waals surface area contributed by atoms with Crippen molar-refractivity contribution in [1.82, 2.24) is 14.9 Å². The van der Waals surface area contributed by atoms with Crippen LogP contribution in [0.4, 0.5) is 0 Å². The molecule has 2 rings (SSSR count). The maximum atomic E-state index is 9.10. The summed E-state index contributed by atoms with van der Waals surface area (Å²) in [5, 5.41) is 14.8. The van der Waals surface area contributed by atoms with Gasteiger partial charge in [0.1, 0.15) is 5.69 Å². The van der Waals surface area contributed by atoms with E-state index in [2.05, 4.69) is 34.9 Å². The molecule has 25 heavy (non-hydrogen) atoms. The average molecular weight is 351 g/mol. The Bertz CT molecular complexity index is 592. The summed E-state index contributed by atoms with van der Waals surface area (Å²) in [7, 11) is 2.13. The molecule has 0 spiro atoms. The minimum absolute atomic E-state index is 0.681. The number of unbranched alkanes of at least 4 members (excludes halogenated alkanes) is 2. The van der Waals surface area contributed by atoms with Crippen LogP contribution >= 0.6 is 0 Å². The standard InChI is InChI=1S/C15H23N3O.C2H2O4/c1-3-4-5-11-19-15-14(16-8-9-17-15)13-7-6-10-18(2)12-13;3-1(4)2(5)6/h7-9H,3-6,10-12H2,1-2H3;(H,3,4)(H,5,6). The molecule has 0 saturated heterocycles. The number of hydrogen-bond acceptors (Lipinski definition) is 6. The molecule has 1 aliphatic heterocycles. The van der Waals surface area contributed by atoms with Crippen molar-refractivity contribution in [2.75, 3.05) is 26.7 Å². The molecule has 2 N–H and O–H groups in total. The molecule has 0 atom stereocenters. The summed E-state index contributed by atoms with van der Waals surface area (Å²) >= 11 is 0. The Morgan fingerprint density at radius 2 is 1.88 bits per heavy atom. The molecule has 1 aromatic heterocycles. The summed E-state index contributed by atoms with van der Waals surface area (Å²) in [5.74, 6) is -2.97. The van der Waals surface area contributed by atoms with Crippen molar-refractivity contribution >= 4 is 17.5 Å². The van der Waals surface area contributed by atoms with Gasteiger partial charge in [-0.15, -0.1) is 0 Å². The molecule has 1 aliphatic rings.